The first-order valence-corrected chi connectivity index (χ1v) is 9.35. The SMILES string of the molecule is CC(C)c1[nH]nc2c1C1c3ccc(Cl)cc3-c3ccc(Cl)c(F)c3N1C2=O. The van der Waals surface area contributed by atoms with Crippen LogP contribution in [-0.2, 0) is 0 Å². The van der Waals surface area contributed by atoms with Crippen LogP contribution >= 0.6 is 23.2 Å². The van der Waals surface area contributed by atoms with E-state index in [-0.39, 0.29) is 22.5 Å². The molecule has 136 valence electrons. The van der Waals surface area contributed by atoms with Gasteiger partial charge in [0.15, 0.2) is 11.5 Å². The summed E-state index contributed by atoms with van der Waals surface area (Å²) in [7, 11) is 0. The van der Waals surface area contributed by atoms with Crippen LogP contribution in [0.1, 0.15) is 53.1 Å². The van der Waals surface area contributed by atoms with Crippen molar-refractivity contribution in [1.29, 1.82) is 0 Å². The van der Waals surface area contributed by atoms with Crippen molar-refractivity contribution in [3.8, 4) is 11.1 Å². The minimum absolute atomic E-state index is 0.0269. The van der Waals surface area contributed by atoms with Crippen LogP contribution in [0.2, 0.25) is 10.0 Å². The first-order valence-electron chi connectivity index (χ1n) is 8.59. The second-order valence-electron chi connectivity index (χ2n) is 7.12. The van der Waals surface area contributed by atoms with E-state index < -0.39 is 11.9 Å². The third kappa shape index (κ3) is 2.10. The second kappa shape index (κ2) is 5.57. The normalized spacial score (nSPS) is 17.0. The largest absolute Gasteiger partial charge is 0.292 e. The summed E-state index contributed by atoms with van der Waals surface area (Å²) in [6.07, 6.45) is 0. The van der Waals surface area contributed by atoms with Gasteiger partial charge in [0.05, 0.1) is 16.8 Å². The lowest BCUT2D eigenvalue weighted by Gasteiger charge is -2.35. The first kappa shape index (κ1) is 16.8. The lowest BCUT2D eigenvalue weighted by Crippen LogP contribution is -2.33. The van der Waals surface area contributed by atoms with E-state index in [1.54, 1.807) is 18.2 Å². The molecular formula is C20H14Cl2FN3O. The van der Waals surface area contributed by atoms with Crippen molar-refractivity contribution in [2.45, 2.75) is 25.8 Å². The number of nitrogens with one attached hydrogen (secondary N) is 1. The van der Waals surface area contributed by atoms with Crippen molar-refractivity contribution in [1.82, 2.24) is 10.2 Å². The van der Waals surface area contributed by atoms with Gasteiger partial charge in [-0.3, -0.25) is 14.8 Å². The molecule has 1 aromatic heterocycles. The molecule has 0 saturated heterocycles. The fraction of sp³-hybridized carbons (Fsp3) is 0.200. The van der Waals surface area contributed by atoms with Gasteiger partial charge in [-0.05, 0) is 35.2 Å². The van der Waals surface area contributed by atoms with Crippen molar-refractivity contribution < 1.29 is 9.18 Å². The van der Waals surface area contributed by atoms with E-state index in [1.165, 1.54) is 11.0 Å². The van der Waals surface area contributed by atoms with Crippen LogP contribution < -0.4 is 4.90 Å². The van der Waals surface area contributed by atoms with Crippen molar-refractivity contribution in [2.75, 3.05) is 4.90 Å². The highest BCUT2D eigenvalue weighted by atomic mass is 35.5. The van der Waals surface area contributed by atoms with Gasteiger partial charge in [-0.15, -0.1) is 0 Å². The Balaban J connectivity index is 1.89. The number of amides is 1. The summed E-state index contributed by atoms with van der Waals surface area (Å²) in [4.78, 5) is 14.7. The first-order chi connectivity index (χ1) is 12.9. The predicted molar refractivity (Wildman–Crippen MR) is 103 cm³/mol. The summed E-state index contributed by atoms with van der Waals surface area (Å²) < 4.78 is 15.1. The average molecular weight is 402 g/mol. The standard InChI is InChI=1S/C20H14Cl2FN3O/c1-8(2)16-14-17(25-24-16)20(27)26-18(14)10-4-3-9(21)7-12(10)11-5-6-13(22)15(23)19(11)26/h3-8,18H,1-2H3,(H,24,25). The summed E-state index contributed by atoms with van der Waals surface area (Å²) in [5, 5.41) is 7.75. The summed E-state index contributed by atoms with van der Waals surface area (Å²) >= 11 is 12.3. The summed E-state index contributed by atoms with van der Waals surface area (Å²) in [6.45, 7) is 4.05. The van der Waals surface area contributed by atoms with Crippen molar-refractivity contribution >= 4 is 34.8 Å². The van der Waals surface area contributed by atoms with Gasteiger partial charge in [0, 0.05) is 21.8 Å². The number of H-pyrrole nitrogens is 1. The Hall–Kier alpha value is -2.37. The molecule has 1 amide bonds. The maximum Gasteiger partial charge on any atom is 0.280 e. The Morgan fingerprint density at radius 1 is 1.19 bits per heavy atom. The van der Waals surface area contributed by atoms with Gasteiger partial charge in [0.1, 0.15) is 0 Å². The minimum Gasteiger partial charge on any atom is -0.292 e. The van der Waals surface area contributed by atoms with E-state index >= 15 is 4.39 Å². The third-order valence-electron chi connectivity index (χ3n) is 5.27. The molecule has 7 heteroatoms. The Morgan fingerprint density at radius 2 is 1.96 bits per heavy atom. The molecule has 4 nitrogen and oxygen atoms in total. The summed E-state index contributed by atoms with van der Waals surface area (Å²) in [5.74, 6) is -0.810. The molecule has 0 bridgehead atoms. The number of aromatic amines is 1. The van der Waals surface area contributed by atoms with Gasteiger partial charge in [-0.1, -0.05) is 49.2 Å². The van der Waals surface area contributed by atoms with E-state index in [4.69, 9.17) is 23.2 Å². The molecule has 2 aliphatic heterocycles. The molecule has 2 aliphatic rings. The number of carbonyl (C=O) groups excluding carboxylic acids is 1. The number of aromatic nitrogens is 2. The highest BCUT2D eigenvalue weighted by molar-refractivity contribution is 6.32. The second-order valence-corrected chi connectivity index (χ2v) is 7.96. The molecular weight excluding hydrogens is 388 g/mol. The quantitative estimate of drug-likeness (QED) is 0.567. The zero-order valence-corrected chi connectivity index (χ0v) is 16.0. The lowest BCUT2D eigenvalue weighted by molar-refractivity contribution is 0.0987. The van der Waals surface area contributed by atoms with Gasteiger partial charge in [-0.25, -0.2) is 4.39 Å². The summed E-state index contributed by atoms with van der Waals surface area (Å²) in [5.41, 5.74) is 4.46. The zero-order chi connectivity index (χ0) is 19.0. The minimum atomic E-state index is -0.613. The van der Waals surface area contributed by atoms with E-state index in [9.17, 15) is 4.79 Å². The van der Waals surface area contributed by atoms with Crippen LogP contribution in [0.5, 0.6) is 0 Å². The van der Waals surface area contributed by atoms with Gasteiger partial charge in [0.25, 0.3) is 5.91 Å². The average Bonchev–Trinajstić information content (AvgIpc) is 3.18. The monoisotopic (exact) mass is 401 g/mol. The van der Waals surface area contributed by atoms with Gasteiger partial charge in [0.2, 0.25) is 0 Å². The molecule has 1 N–H and O–H groups in total. The van der Waals surface area contributed by atoms with Gasteiger partial charge >= 0.3 is 0 Å². The molecule has 0 saturated carbocycles. The number of nitrogens with zero attached hydrogens (tertiary/aromatic N) is 2. The van der Waals surface area contributed by atoms with E-state index in [0.717, 1.165) is 22.4 Å². The number of hydrogen-bond donors (Lipinski definition) is 1. The molecule has 0 spiro atoms. The number of hydrogen-bond acceptors (Lipinski definition) is 2. The predicted octanol–water partition coefficient (Wildman–Crippen LogP) is 5.71. The Kier molecular flexibility index (Phi) is 3.46. The molecule has 1 atom stereocenters. The number of halogens is 3. The smallest absolute Gasteiger partial charge is 0.280 e. The zero-order valence-electron chi connectivity index (χ0n) is 14.5. The fourth-order valence-electron chi connectivity index (χ4n) is 4.12. The maximum atomic E-state index is 15.1. The molecule has 0 radical (unpaired) electrons. The van der Waals surface area contributed by atoms with E-state index in [0.29, 0.717) is 16.3 Å². The highest BCUT2D eigenvalue weighted by Gasteiger charge is 2.48. The topological polar surface area (TPSA) is 49.0 Å². The number of carbonyl (C=O) groups is 1. The summed E-state index contributed by atoms with van der Waals surface area (Å²) in [6, 6.07) is 8.25. The van der Waals surface area contributed by atoms with Crippen LogP contribution in [0.15, 0.2) is 30.3 Å². The van der Waals surface area contributed by atoms with Crippen LogP contribution in [-0.4, -0.2) is 16.1 Å². The van der Waals surface area contributed by atoms with Gasteiger partial charge < -0.3 is 0 Å². The molecule has 1 unspecified atom stereocenters. The Bertz CT molecular complexity index is 1140. The molecule has 3 aromatic rings. The van der Waals surface area contributed by atoms with Crippen molar-refractivity contribution in [2.24, 2.45) is 0 Å². The van der Waals surface area contributed by atoms with Crippen LogP contribution in [0.25, 0.3) is 11.1 Å². The van der Waals surface area contributed by atoms with E-state index in [2.05, 4.69) is 10.2 Å². The lowest BCUT2D eigenvalue weighted by atomic mass is 9.85. The number of benzene rings is 2. The molecule has 0 fully saturated rings. The van der Waals surface area contributed by atoms with Crippen molar-refractivity contribution in [3.05, 3.63) is 68.7 Å². The number of rotatable bonds is 1. The van der Waals surface area contributed by atoms with Crippen LogP contribution in [0.4, 0.5) is 10.1 Å². The van der Waals surface area contributed by atoms with Gasteiger partial charge in [-0.2, -0.15) is 5.10 Å². The molecule has 27 heavy (non-hydrogen) atoms. The highest BCUT2D eigenvalue weighted by Crippen LogP contribution is 2.54. The van der Waals surface area contributed by atoms with Crippen LogP contribution in [0.3, 0.4) is 0 Å². The fourth-order valence-corrected chi connectivity index (χ4v) is 4.45. The number of fused-ring (bicyclic) bond motifs is 8. The maximum absolute atomic E-state index is 15.1. The Labute approximate surface area is 164 Å². The number of anilines is 1. The molecule has 3 heterocycles. The third-order valence-corrected chi connectivity index (χ3v) is 5.80. The van der Waals surface area contributed by atoms with E-state index in [1.807, 2.05) is 19.9 Å². The van der Waals surface area contributed by atoms with Crippen LogP contribution in [0, 0.1) is 5.82 Å². The molecule has 5 rings (SSSR count). The van der Waals surface area contributed by atoms with Crippen molar-refractivity contribution in [3.63, 3.8) is 0 Å². The molecule has 0 aliphatic carbocycles. The Morgan fingerprint density at radius 3 is 2.70 bits per heavy atom. The molecule has 2 aromatic carbocycles.